The third-order valence-corrected chi connectivity index (χ3v) is 7.78. The van der Waals surface area contributed by atoms with Gasteiger partial charge in [0.2, 0.25) is 5.91 Å². The summed E-state index contributed by atoms with van der Waals surface area (Å²) < 4.78 is 34.7. The quantitative estimate of drug-likeness (QED) is 0.320. The van der Waals surface area contributed by atoms with Crippen LogP contribution in [0.15, 0.2) is 66.0 Å². The Hall–Kier alpha value is -3.83. The average molecular weight is 586 g/mol. The molecule has 1 aliphatic rings. The van der Waals surface area contributed by atoms with Crippen LogP contribution in [0.25, 0.3) is 0 Å². The van der Waals surface area contributed by atoms with Gasteiger partial charge in [-0.3, -0.25) is 14.4 Å². The van der Waals surface area contributed by atoms with Crippen molar-refractivity contribution in [3.8, 4) is 5.75 Å². The molecule has 1 aromatic heterocycles. The van der Waals surface area contributed by atoms with Crippen molar-refractivity contribution < 1.29 is 33.0 Å². The van der Waals surface area contributed by atoms with E-state index in [4.69, 9.17) is 4.74 Å². The van der Waals surface area contributed by atoms with Gasteiger partial charge in [0.1, 0.15) is 11.8 Å². The number of thiophene rings is 1. The molecule has 1 fully saturated rings. The van der Waals surface area contributed by atoms with E-state index in [0.717, 1.165) is 16.0 Å². The van der Waals surface area contributed by atoms with Crippen molar-refractivity contribution in [2.24, 2.45) is 0 Å². The number of rotatable bonds is 11. The Bertz CT molecular complexity index is 1330. The largest absolute Gasteiger partial charge is 0.483 e. The highest BCUT2D eigenvalue weighted by Gasteiger charge is 2.51. The van der Waals surface area contributed by atoms with Gasteiger partial charge in [0.05, 0.1) is 19.1 Å². The molecule has 1 saturated heterocycles. The van der Waals surface area contributed by atoms with Crippen LogP contribution < -0.4 is 15.4 Å². The molecule has 218 valence electrons. The van der Waals surface area contributed by atoms with Crippen LogP contribution in [-0.4, -0.2) is 65.0 Å². The molecule has 3 atom stereocenters. The van der Waals surface area contributed by atoms with Gasteiger partial charge in [-0.1, -0.05) is 54.6 Å². The zero-order valence-electron chi connectivity index (χ0n) is 22.8. The summed E-state index contributed by atoms with van der Waals surface area (Å²) in [4.78, 5) is 40.8. The Morgan fingerprint density at radius 3 is 2.44 bits per heavy atom. The lowest BCUT2D eigenvalue weighted by molar-refractivity contribution is -0.147. The van der Waals surface area contributed by atoms with E-state index in [0.29, 0.717) is 16.2 Å². The van der Waals surface area contributed by atoms with Crippen LogP contribution in [0.1, 0.15) is 28.0 Å². The predicted molar refractivity (Wildman–Crippen MR) is 151 cm³/mol. The van der Waals surface area contributed by atoms with E-state index in [1.165, 1.54) is 11.3 Å². The first kappa shape index (κ1) is 30.1. The first-order valence-electron chi connectivity index (χ1n) is 13.2. The summed E-state index contributed by atoms with van der Waals surface area (Å²) in [6, 6.07) is 15.4. The predicted octanol–water partition coefficient (Wildman–Crippen LogP) is 3.38. The fraction of sp³-hybridized carbons (Fsp3) is 0.367. The van der Waals surface area contributed by atoms with Gasteiger partial charge >= 0.3 is 0 Å². The maximum Gasteiger partial charge on any atom is 0.267 e. The highest BCUT2D eigenvalue weighted by molar-refractivity contribution is 7.09. The van der Waals surface area contributed by atoms with E-state index in [9.17, 15) is 28.3 Å². The number of nitrogens with zero attached hydrogens (tertiary/aromatic N) is 1. The fourth-order valence-corrected chi connectivity index (χ4v) is 5.50. The molecule has 3 aromatic rings. The molecule has 2 aromatic carbocycles. The molecular formula is C30H33F2N3O5S. The third-order valence-electron chi connectivity index (χ3n) is 6.91. The number of aliphatic hydroxyl groups excluding tert-OH is 1. The van der Waals surface area contributed by atoms with E-state index in [-0.39, 0.29) is 19.6 Å². The standard InChI is InChI=1S/C30H33F2N3O5S/c1-19-8-6-9-20(2)27(19)40-17-25(36)34-23(14-21-10-4-3-5-11-21)26(37)29(39)35-18-30(31,32)15-24(35)28(38)33-16-22-12-7-13-41-22/h3-13,23-24,26,37H,14-18H2,1-2H3,(H,33,38)(H,34,36). The second-order valence-corrected chi connectivity index (χ2v) is 11.2. The molecule has 2 heterocycles. The molecule has 0 bridgehead atoms. The Labute approximate surface area is 241 Å². The number of benzene rings is 2. The molecule has 0 spiro atoms. The van der Waals surface area contributed by atoms with Crippen LogP contribution in [0.4, 0.5) is 8.78 Å². The first-order chi connectivity index (χ1) is 19.5. The van der Waals surface area contributed by atoms with Crippen LogP contribution in [-0.2, 0) is 27.3 Å². The zero-order chi connectivity index (χ0) is 29.6. The summed E-state index contributed by atoms with van der Waals surface area (Å²) >= 11 is 1.40. The van der Waals surface area contributed by atoms with Gasteiger partial charge in [0.25, 0.3) is 17.7 Å². The summed E-state index contributed by atoms with van der Waals surface area (Å²) in [6.45, 7) is 2.44. The lowest BCUT2D eigenvalue weighted by Crippen LogP contribution is -2.56. The van der Waals surface area contributed by atoms with Crippen molar-refractivity contribution in [3.63, 3.8) is 0 Å². The van der Waals surface area contributed by atoms with E-state index >= 15 is 0 Å². The third kappa shape index (κ3) is 7.89. The number of likely N-dealkylation sites (tertiary alicyclic amines) is 1. The van der Waals surface area contributed by atoms with Gasteiger partial charge in [-0.05, 0) is 48.4 Å². The second kappa shape index (κ2) is 13.2. The number of aryl methyl sites for hydroxylation is 2. The molecule has 4 rings (SSSR count). The van der Waals surface area contributed by atoms with Crippen molar-refractivity contribution in [1.82, 2.24) is 15.5 Å². The van der Waals surface area contributed by atoms with E-state index in [1.807, 2.05) is 37.4 Å². The number of para-hydroxylation sites is 1. The molecular weight excluding hydrogens is 552 g/mol. The topological polar surface area (TPSA) is 108 Å². The molecule has 11 heteroatoms. The maximum absolute atomic E-state index is 14.5. The number of carbonyl (C=O) groups excluding carboxylic acids is 3. The first-order valence-corrected chi connectivity index (χ1v) is 14.1. The minimum atomic E-state index is -3.31. The van der Waals surface area contributed by atoms with Gasteiger partial charge in [-0.2, -0.15) is 0 Å². The highest BCUT2D eigenvalue weighted by atomic mass is 32.1. The normalized spacial score (nSPS) is 17.5. The van der Waals surface area contributed by atoms with Crippen LogP contribution in [0, 0.1) is 13.8 Å². The summed E-state index contributed by atoms with van der Waals surface area (Å²) in [7, 11) is 0. The Morgan fingerprint density at radius 2 is 1.78 bits per heavy atom. The fourth-order valence-electron chi connectivity index (χ4n) is 4.85. The number of aliphatic hydroxyl groups is 1. The lowest BCUT2D eigenvalue weighted by atomic mass is 9.99. The van der Waals surface area contributed by atoms with Crippen LogP contribution in [0.2, 0.25) is 0 Å². The Morgan fingerprint density at radius 1 is 1.07 bits per heavy atom. The van der Waals surface area contributed by atoms with Gasteiger partial charge in [0, 0.05) is 11.3 Å². The monoisotopic (exact) mass is 585 g/mol. The molecule has 0 radical (unpaired) electrons. The Kier molecular flexibility index (Phi) is 9.72. The molecule has 8 nitrogen and oxygen atoms in total. The zero-order valence-corrected chi connectivity index (χ0v) is 23.6. The van der Waals surface area contributed by atoms with Crippen molar-refractivity contribution >= 4 is 29.1 Å². The van der Waals surface area contributed by atoms with E-state index < -0.39 is 54.8 Å². The van der Waals surface area contributed by atoms with Gasteiger partial charge in [0.15, 0.2) is 12.7 Å². The summed E-state index contributed by atoms with van der Waals surface area (Å²) in [5.41, 5.74) is 2.39. The van der Waals surface area contributed by atoms with Gasteiger partial charge in [-0.25, -0.2) is 8.78 Å². The van der Waals surface area contributed by atoms with E-state index in [1.54, 1.807) is 42.5 Å². The second-order valence-electron chi connectivity index (χ2n) is 10.2. The molecule has 0 saturated carbocycles. The Balaban J connectivity index is 1.48. The summed E-state index contributed by atoms with van der Waals surface area (Å²) in [5, 5.41) is 18.2. The van der Waals surface area contributed by atoms with Crippen molar-refractivity contribution in [1.29, 1.82) is 0 Å². The molecule has 0 aliphatic carbocycles. The lowest BCUT2D eigenvalue weighted by Gasteiger charge is -2.30. The summed E-state index contributed by atoms with van der Waals surface area (Å²) in [6.07, 6.45) is -2.70. The number of hydrogen-bond donors (Lipinski definition) is 3. The van der Waals surface area contributed by atoms with Crippen LogP contribution in [0.3, 0.4) is 0 Å². The minimum absolute atomic E-state index is 0.0440. The molecule has 3 amide bonds. The highest BCUT2D eigenvalue weighted by Crippen LogP contribution is 2.33. The smallest absolute Gasteiger partial charge is 0.267 e. The molecule has 3 N–H and O–H groups in total. The number of nitrogens with one attached hydrogen (secondary N) is 2. The van der Waals surface area contributed by atoms with Gasteiger partial charge in [-0.15, -0.1) is 11.3 Å². The number of alkyl halides is 2. The van der Waals surface area contributed by atoms with Crippen molar-refractivity contribution in [2.45, 2.75) is 57.3 Å². The average Bonchev–Trinajstić information content (AvgIpc) is 3.58. The van der Waals surface area contributed by atoms with Crippen molar-refractivity contribution in [2.75, 3.05) is 13.2 Å². The molecule has 1 aliphatic heterocycles. The van der Waals surface area contributed by atoms with Crippen molar-refractivity contribution in [3.05, 3.63) is 87.6 Å². The number of ether oxygens (including phenoxy) is 1. The minimum Gasteiger partial charge on any atom is -0.483 e. The van der Waals surface area contributed by atoms with Crippen LogP contribution >= 0.6 is 11.3 Å². The number of amides is 3. The van der Waals surface area contributed by atoms with Crippen LogP contribution in [0.5, 0.6) is 5.75 Å². The molecule has 41 heavy (non-hydrogen) atoms. The van der Waals surface area contributed by atoms with E-state index in [2.05, 4.69) is 10.6 Å². The number of halogens is 2. The number of hydrogen-bond acceptors (Lipinski definition) is 6. The maximum atomic E-state index is 14.5. The van der Waals surface area contributed by atoms with Gasteiger partial charge < -0.3 is 25.4 Å². The molecule has 3 unspecified atom stereocenters. The summed E-state index contributed by atoms with van der Waals surface area (Å²) in [5.74, 6) is -5.15. The number of carbonyl (C=O) groups is 3. The SMILES string of the molecule is Cc1cccc(C)c1OCC(=O)NC(Cc1ccccc1)C(O)C(=O)N1CC(F)(F)CC1C(=O)NCc1cccs1.